The number of rotatable bonds is 4. The molecule has 0 bridgehead atoms. The molecule has 1 amide bonds. The Morgan fingerprint density at radius 2 is 1.87 bits per heavy atom. The number of aromatic nitrogens is 2. The van der Waals surface area contributed by atoms with Crippen LogP contribution in [-0.2, 0) is 11.0 Å². The number of nitrogens with zero attached hydrogens (tertiary/aromatic N) is 4. The Bertz CT molecular complexity index is 1160. The van der Waals surface area contributed by atoms with Crippen LogP contribution in [0, 0.1) is 10.1 Å². The van der Waals surface area contributed by atoms with E-state index < -0.39 is 16.7 Å². The Labute approximate surface area is 168 Å². The second-order valence-corrected chi connectivity index (χ2v) is 6.93. The van der Waals surface area contributed by atoms with Gasteiger partial charge in [0.15, 0.2) is 0 Å². The monoisotopic (exact) mass is 416 g/mol. The van der Waals surface area contributed by atoms with Gasteiger partial charge in [-0.3, -0.25) is 19.6 Å². The van der Waals surface area contributed by atoms with Crippen LogP contribution in [-0.4, -0.2) is 38.6 Å². The van der Waals surface area contributed by atoms with Gasteiger partial charge in [-0.2, -0.15) is 18.3 Å². The van der Waals surface area contributed by atoms with Crippen LogP contribution < -0.4 is 0 Å². The van der Waals surface area contributed by atoms with Crippen molar-refractivity contribution >= 4 is 22.5 Å². The average molecular weight is 416 g/mol. The van der Waals surface area contributed by atoms with Gasteiger partial charge in [-0.1, -0.05) is 18.7 Å². The lowest BCUT2D eigenvalue weighted by Gasteiger charge is -2.38. The topological polar surface area (TPSA) is 81.3 Å². The zero-order valence-electron chi connectivity index (χ0n) is 15.5. The molecule has 0 unspecified atom stereocenters. The number of benzene rings is 2. The first kappa shape index (κ1) is 19.6. The number of halogens is 3. The Morgan fingerprint density at radius 3 is 2.43 bits per heavy atom. The van der Waals surface area contributed by atoms with E-state index in [4.69, 9.17) is 0 Å². The second kappa shape index (κ2) is 6.97. The molecular formula is C20H15F3N4O3. The number of fused-ring (bicyclic) bond motifs is 1. The van der Waals surface area contributed by atoms with E-state index in [-0.39, 0.29) is 17.6 Å². The van der Waals surface area contributed by atoms with Crippen LogP contribution in [0.4, 0.5) is 18.9 Å². The maximum atomic E-state index is 12.9. The normalized spacial score (nSPS) is 14.6. The molecule has 10 heteroatoms. The second-order valence-electron chi connectivity index (χ2n) is 6.93. The minimum Gasteiger partial charge on any atom is -0.335 e. The van der Waals surface area contributed by atoms with Crippen molar-refractivity contribution in [1.29, 1.82) is 0 Å². The number of likely N-dealkylation sites (tertiary alicyclic amines) is 1. The molecule has 0 spiro atoms. The molecule has 7 nitrogen and oxygen atoms in total. The summed E-state index contributed by atoms with van der Waals surface area (Å²) in [4.78, 5) is 23.9. The Morgan fingerprint density at radius 1 is 1.20 bits per heavy atom. The molecule has 2 aromatic carbocycles. The summed E-state index contributed by atoms with van der Waals surface area (Å²) in [5.74, 6) is -0.207. The van der Waals surface area contributed by atoms with E-state index in [1.807, 2.05) is 0 Å². The number of carbonyl (C=O) groups is 1. The van der Waals surface area contributed by atoms with Crippen molar-refractivity contribution in [2.24, 2.45) is 0 Å². The number of non-ortho nitro benzene ring substituents is 1. The van der Waals surface area contributed by atoms with Gasteiger partial charge in [0.25, 0.3) is 5.69 Å². The molecule has 1 aromatic heterocycles. The van der Waals surface area contributed by atoms with Crippen LogP contribution in [0.1, 0.15) is 11.6 Å². The Balaban J connectivity index is 1.79. The first-order chi connectivity index (χ1) is 14.2. The third-order valence-corrected chi connectivity index (χ3v) is 5.08. The molecule has 3 aromatic rings. The summed E-state index contributed by atoms with van der Waals surface area (Å²) in [6.45, 7) is 4.24. The van der Waals surface area contributed by atoms with Gasteiger partial charge >= 0.3 is 6.18 Å². The number of amides is 1. The van der Waals surface area contributed by atoms with Crippen LogP contribution in [0.3, 0.4) is 0 Å². The lowest BCUT2D eigenvalue weighted by molar-refractivity contribution is -0.384. The zero-order chi connectivity index (χ0) is 21.6. The van der Waals surface area contributed by atoms with Crippen LogP contribution >= 0.6 is 0 Å². The van der Waals surface area contributed by atoms with Gasteiger partial charge in [-0.15, -0.1) is 0 Å². The van der Waals surface area contributed by atoms with E-state index in [1.165, 1.54) is 30.3 Å². The number of carbonyl (C=O) groups excluding carboxylic acids is 1. The first-order valence-corrected chi connectivity index (χ1v) is 8.94. The zero-order valence-corrected chi connectivity index (χ0v) is 15.5. The quantitative estimate of drug-likeness (QED) is 0.363. The van der Waals surface area contributed by atoms with Crippen molar-refractivity contribution in [2.75, 3.05) is 13.1 Å². The van der Waals surface area contributed by atoms with Crippen molar-refractivity contribution in [3.05, 3.63) is 70.8 Å². The van der Waals surface area contributed by atoms with E-state index in [1.54, 1.807) is 15.6 Å². The molecule has 0 aliphatic carbocycles. The summed E-state index contributed by atoms with van der Waals surface area (Å²) in [6, 6.07) is 8.60. The molecule has 1 aliphatic rings. The summed E-state index contributed by atoms with van der Waals surface area (Å²) < 4.78 is 40.3. The molecule has 0 radical (unpaired) electrons. The SMILES string of the molecule is C=CC(=O)N1CC(n2nc(-c3ccc(C(F)(F)F)cc3)c3cc([N+](=O)[O-])ccc32)C1. The lowest BCUT2D eigenvalue weighted by Crippen LogP contribution is -2.50. The van der Waals surface area contributed by atoms with E-state index in [9.17, 15) is 28.1 Å². The molecule has 1 fully saturated rings. The third kappa shape index (κ3) is 3.30. The summed E-state index contributed by atoms with van der Waals surface area (Å²) >= 11 is 0. The lowest BCUT2D eigenvalue weighted by atomic mass is 10.0. The largest absolute Gasteiger partial charge is 0.416 e. The standard InChI is InChI=1S/C20H15F3N4O3/c1-2-18(28)25-10-15(11-25)26-17-8-7-14(27(29)30)9-16(17)19(24-26)12-3-5-13(6-4-12)20(21,22)23/h2-9,15H,1,10-11H2. The minimum absolute atomic E-state index is 0.146. The summed E-state index contributed by atoms with van der Waals surface area (Å²) in [6.07, 6.45) is -3.25. The Kier molecular flexibility index (Phi) is 4.56. The van der Waals surface area contributed by atoms with Crippen molar-refractivity contribution in [1.82, 2.24) is 14.7 Å². The highest BCUT2D eigenvalue weighted by molar-refractivity contribution is 5.95. The van der Waals surface area contributed by atoms with Gasteiger partial charge in [0.2, 0.25) is 5.91 Å². The maximum absolute atomic E-state index is 12.9. The summed E-state index contributed by atoms with van der Waals surface area (Å²) in [7, 11) is 0. The van der Waals surface area contributed by atoms with Crippen molar-refractivity contribution < 1.29 is 22.9 Å². The molecule has 2 heterocycles. The number of nitro groups is 1. The predicted molar refractivity (Wildman–Crippen MR) is 103 cm³/mol. The van der Waals surface area contributed by atoms with E-state index in [0.717, 1.165) is 12.1 Å². The van der Waals surface area contributed by atoms with Crippen LogP contribution in [0.25, 0.3) is 22.2 Å². The van der Waals surface area contributed by atoms with E-state index >= 15 is 0 Å². The highest BCUT2D eigenvalue weighted by Gasteiger charge is 2.34. The number of hydrogen-bond donors (Lipinski definition) is 0. The molecule has 0 N–H and O–H groups in total. The van der Waals surface area contributed by atoms with Crippen molar-refractivity contribution in [2.45, 2.75) is 12.2 Å². The van der Waals surface area contributed by atoms with Gasteiger partial charge in [0.05, 0.1) is 22.0 Å². The molecular weight excluding hydrogens is 401 g/mol. The summed E-state index contributed by atoms with van der Waals surface area (Å²) in [5.41, 5.74) is 0.415. The van der Waals surface area contributed by atoms with Gasteiger partial charge in [-0.25, -0.2) is 0 Å². The number of nitro benzene ring substituents is 1. The molecule has 4 rings (SSSR count). The third-order valence-electron chi connectivity index (χ3n) is 5.08. The van der Waals surface area contributed by atoms with Gasteiger partial charge in [-0.05, 0) is 24.3 Å². The van der Waals surface area contributed by atoms with Gasteiger partial charge in [0.1, 0.15) is 5.69 Å². The van der Waals surface area contributed by atoms with Gasteiger partial charge in [0, 0.05) is 36.2 Å². The molecule has 1 aliphatic heterocycles. The maximum Gasteiger partial charge on any atom is 0.416 e. The summed E-state index contributed by atoms with van der Waals surface area (Å²) in [5, 5.41) is 16.2. The van der Waals surface area contributed by atoms with Crippen LogP contribution in [0.2, 0.25) is 0 Å². The fourth-order valence-electron chi connectivity index (χ4n) is 3.47. The van der Waals surface area contributed by atoms with Crippen LogP contribution in [0.15, 0.2) is 55.1 Å². The molecule has 0 saturated carbocycles. The fraction of sp³-hybridized carbons (Fsp3) is 0.200. The highest BCUT2D eigenvalue weighted by atomic mass is 19.4. The molecule has 154 valence electrons. The van der Waals surface area contributed by atoms with E-state index in [2.05, 4.69) is 11.7 Å². The molecule has 1 saturated heterocycles. The average Bonchev–Trinajstić information content (AvgIpc) is 3.04. The predicted octanol–water partition coefficient (Wildman–Crippen LogP) is 4.20. The van der Waals surface area contributed by atoms with Crippen LogP contribution in [0.5, 0.6) is 0 Å². The van der Waals surface area contributed by atoms with E-state index in [0.29, 0.717) is 35.2 Å². The van der Waals surface area contributed by atoms with Crippen molar-refractivity contribution in [3.8, 4) is 11.3 Å². The fourth-order valence-corrected chi connectivity index (χ4v) is 3.47. The molecule has 0 atom stereocenters. The molecule has 30 heavy (non-hydrogen) atoms. The van der Waals surface area contributed by atoms with Gasteiger partial charge < -0.3 is 4.90 Å². The number of hydrogen-bond acceptors (Lipinski definition) is 4. The minimum atomic E-state index is -4.47. The Hall–Kier alpha value is -3.69. The van der Waals surface area contributed by atoms with Crippen molar-refractivity contribution in [3.63, 3.8) is 0 Å². The first-order valence-electron chi connectivity index (χ1n) is 8.94. The smallest absolute Gasteiger partial charge is 0.335 e. The number of alkyl halides is 3. The highest BCUT2D eigenvalue weighted by Crippen LogP contribution is 2.36.